The number of hydrogen-bond donors (Lipinski definition) is 1. The number of carbonyl (C=O) groups is 1. The zero-order chi connectivity index (χ0) is 24.7. The van der Waals surface area contributed by atoms with Crippen LogP contribution in [-0.2, 0) is 4.79 Å². The van der Waals surface area contributed by atoms with Gasteiger partial charge in [0.2, 0.25) is 5.91 Å². The first-order valence-corrected chi connectivity index (χ1v) is 13.5. The van der Waals surface area contributed by atoms with Crippen LogP contribution in [0.15, 0.2) is 79.3 Å². The van der Waals surface area contributed by atoms with Crippen LogP contribution in [-0.4, -0.2) is 20.4 Å². The average Bonchev–Trinajstić information content (AvgIpc) is 3.59. The number of nitrogens with one attached hydrogen (secondary N) is 1. The molecule has 5 heteroatoms. The minimum Gasteiger partial charge on any atom is -0.329 e. The van der Waals surface area contributed by atoms with Gasteiger partial charge in [-0.2, -0.15) is 0 Å². The molecule has 1 aliphatic rings. The van der Waals surface area contributed by atoms with Crippen molar-refractivity contribution in [1.29, 1.82) is 0 Å². The lowest BCUT2D eigenvalue weighted by Gasteiger charge is -2.24. The van der Waals surface area contributed by atoms with Crippen molar-refractivity contribution < 1.29 is 4.79 Å². The Morgan fingerprint density at radius 1 is 0.972 bits per heavy atom. The van der Waals surface area contributed by atoms with Gasteiger partial charge in [-0.1, -0.05) is 62.6 Å². The first kappa shape index (κ1) is 24.2. The fourth-order valence-corrected chi connectivity index (χ4v) is 5.92. The number of hydrogen-bond acceptors (Lipinski definition) is 3. The zero-order valence-electron chi connectivity index (χ0n) is 21.1. The van der Waals surface area contributed by atoms with E-state index in [2.05, 4.69) is 64.4 Å². The fraction of sp³-hybridized carbons (Fsp3) is 0.387. The van der Waals surface area contributed by atoms with Crippen LogP contribution in [0.1, 0.15) is 64.3 Å². The third-order valence-corrected chi connectivity index (χ3v) is 7.81. The van der Waals surface area contributed by atoms with Gasteiger partial charge in [0.25, 0.3) is 0 Å². The van der Waals surface area contributed by atoms with Crippen molar-refractivity contribution in [3.63, 3.8) is 0 Å². The van der Waals surface area contributed by atoms with Gasteiger partial charge >= 0.3 is 0 Å². The van der Waals surface area contributed by atoms with Crippen LogP contribution < -0.4 is 5.32 Å². The van der Waals surface area contributed by atoms with Gasteiger partial charge in [-0.25, -0.2) is 9.97 Å². The Morgan fingerprint density at radius 2 is 1.75 bits per heavy atom. The summed E-state index contributed by atoms with van der Waals surface area (Å²) in [5, 5.41) is 4.28. The molecule has 0 bridgehead atoms. The fourth-order valence-electron chi connectivity index (χ4n) is 5.92. The van der Waals surface area contributed by atoms with Crippen molar-refractivity contribution in [2.45, 2.75) is 64.3 Å². The number of amides is 1. The van der Waals surface area contributed by atoms with Crippen LogP contribution in [0.4, 0.5) is 5.82 Å². The van der Waals surface area contributed by atoms with E-state index in [1.54, 1.807) is 6.20 Å². The van der Waals surface area contributed by atoms with Gasteiger partial charge in [-0.3, -0.25) is 4.79 Å². The molecule has 186 valence electrons. The van der Waals surface area contributed by atoms with E-state index in [1.807, 2.05) is 30.5 Å². The lowest BCUT2D eigenvalue weighted by Crippen LogP contribution is -2.29. The SMILES string of the molecule is CCC(CCCC(C(=O)Nc1ccccn1)C1CCCC1)n1cc(-c2ccccc2)c2cccnc21. The number of aromatic nitrogens is 3. The molecular weight excluding hydrogens is 444 g/mol. The van der Waals surface area contributed by atoms with E-state index in [0.717, 1.165) is 44.2 Å². The summed E-state index contributed by atoms with van der Waals surface area (Å²) in [6.45, 7) is 2.25. The number of pyridine rings is 2. The molecule has 1 saturated carbocycles. The molecule has 0 radical (unpaired) electrons. The van der Waals surface area contributed by atoms with Crippen LogP contribution in [0.5, 0.6) is 0 Å². The van der Waals surface area contributed by atoms with Crippen molar-refractivity contribution in [3.8, 4) is 11.1 Å². The molecule has 2 unspecified atom stereocenters. The van der Waals surface area contributed by atoms with Crippen LogP contribution >= 0.6 is 0 Å². The van der Waals surface area contributed by atoms with Gasteiger partial charge in [0.05, 0.1) is 0 Å². The Kier molecular flexibility index (Phi) is 7.75. The molecule has 2 atom stereocenters. The molecule has 36 heavy (non-hydrogen) atoms. The Balaban J connectivity index is 1.32. The molecule has 5 nitrogen and oxygen atoms in total. The summed E-state index contributed by atoms with van der Waals surface area (Å²) in [6.07, 6.45) is 14.7. The summed E-state index contributed by atoms with van der Waals surface area (Å²) in [7, 11) is 0. The van der Waals surface area contributed by atoms with E-state index in [4.69, 9.17) is 4.98 Å². The molecule has 1 N–H and O–H groups in total. The third kappa shape index (κ3) is 5.35. The standard InChI is InChI=1S/C31H36N4O/c1-2-25(35-22-28(24-12-4-3-5-13-24)27-18-11-21-33-30(27)35)16-10-17-26(23-14-6-7-15-23)31(36)34-29-19-8-9-20-32-29/h3-5,8-9,11-13,18-23,25-26H,2,6-7,10,14-17H2,1H3,(H,32,34,36). The van der Waals surface area contributed by atoms with Gasteiger partial charge in [0.15, 0.2) is 0 Å². The highest BCUT2D eigenvalue weighted by Crippen LogP contribution is 2.37. The van der Waals surface area contributed by atoms with Gasteiger partial charge in [0, 0.05) is 41.5 Å². The Bertz CT molecular complexity index is 1260. The molecule has 3 heterocycles. The second-order valence-electron chi connectivity index (χ2n) is 10.0. The summed E-state index contributed by atoms with van der Waals surface area (Å²) in [4.78, 5) is 22.4. The van der Waals surface area contributed by atoms with Crippen molar-refractivity contribution >= 4 is 22.8 Å². The predicted octanol–water partition coefficient (Wildman–Crippen LogP) is 7.66. The van der Waals surface area contributed by atoms with Gasteiger partial charge in [0.1, 0.15) is 11.5 Å². The van der Waals surface area contributed by atoms with Crippen molar-refractivity contribution in [1.82, 2.24) is 14.5 Å². The molecule has 3 aromatic heterocycles. The molecule has 1 aliphatic carbocycles. The van der Waals surface area contributed by atoms with E-state index in [0.29, 0.717) is 17.8 Å². The second-order valence-corrected chi connectivity index (χ2v) is 10.0. The molecule has 0 spiro atoms. The first-order valence-electron chi connectivity index (χ1n) is 13.5. The van der Waals surface area contributed by atoms with Gasteiger partial charge in [-0.15, -0.1) is 0 Å². The number of carbonyl (C=O) groups excluding carboxylic acids is 1. The number of benzene rings is 1. The highest BCUT2D eigenvalue weighted by molar-refractivity contribution is 5.94. The van der Waals surface area contributed by atoms with E-state index in [9.17, 15) is 4.79 Å². The Hall–Kier alpha value is -3.47. The summed E-state index contributed by atoms with van der Waals surface area (Å²) in [6, 6.07) is 20.8. The minimum atomic E-state index is 0.0476. The van der Waals surface area contributed by atoms with E-state index < -0.39 is 0 Å². The normalized spacial score (nSPS) is 15.7. The molecule has 1 aromatic carbocycles. The van der Waals surface area contributed by atoms with E-state index in [1.165, 1.54) is 29.4 Å². The van der Waals surface area contributed by atoms with Crippen LogP contribution in [0.3, 0.4) is 0 Å². The number of fused-ring (bicyclic) bond motifs is 1. The van der Waals surface area contributed by atoms with E-state index in [-0.39, 0.29) is 11.8 Å². The minimum absolute atomic E-state index is 0.0476. The highest BCUT2D eigenvalue weighted by atomic mass is 16.2. The maximum absolute atomic E-state index is 13.3. The lowest BCUT2D eigenvalue weighted by atomic mass is 9.85. The van der Waals surface area contributed by atoms with E-state index >= 15 is 0 Å². The topological polar surface area (TPSA) is 59.8 Å². The molecule has 1 amide bonds. The summed E-state index contributed by atoms with van der Waals surface area (Å²) < 4.78 is 2.37. The molecule has 0 aliphatic heterocycles. The highest BCUT2D eigenvalue weighted by Gasteiger charge is 2.31. The zero-order valence-corrected chi connectivity index (χ0v) is 21.1. The third-order valence-electron chi connectivity index (χ3n) is 7.81. The van der Waals surface area contributed by atoms with Gasteiger partial charge in [-0.05, 0) is 67.9 Å². The van der Waals surface area contributed by atoms with Crippen molar-refractivity contribution in [3.05, 3.63) is 79.3 Å². The Morgan fingerprint density at radius 3 is 2.50 bits per heavy atom. The smallest absolute Gasteiger partial charge is 0.228 e. The predicted molar refractivity (Wildman–Crippen MR) is 147 cm³/mol. The van der Waals surface area contributed by atoms with Gasteiger partial charge < -0.3 is 9.88 Å². The average molecular weight is 481 g/mol. The number of anilines is 1. The number of rotatable bonds is 10. The number of nitrogens with zero attached hydrogens (tertiary/aromatic N) is 3. The van der Waals surface area contributed by atoms with Crippen LogP contribution in [0.25, 0.3) is 22.2 Å². The quantitative estimate of drug-likeness (QED) is 0.253. The lowest BCUT2D eigenvalue weighted by molar-refractivity contribution is -0.121. The molecule has 4 aromatic rings. The Labute approximate surface area is 214 Å². The van der Waals surface area contributed by atoms with Crippen molar-refractivity contribution in [2.24, 2.45) is 11.8 Å². The molecule has 5 rings (SSSR count). The second kappa shape index (κ2) is 11.5. The maximum Gasteiger partial charge on any atom is 0.228 e. The molecule has 0 saturated heterocycles. The molecule has 1 fully saturated rings. The monoisotopic (exact) mass is 480 g/mol. The molecular formula is C31H36N4O. The van der Waals surface area contributed by atoms with Crippen LogP contribution in [0, 0.1) is 11.8 Å². The summed E-state index contributed by atoms with van der Waals surface area (Å²) >= 11 is 0. The summed E-state index contributed by atoms with van der Waals surface area (Å²) in [5.41, 5.74) is 3.50. The van der Waals surface area contributed by atoms with Crippen LogP contribution in [0.2, 0.25) is 0 Å². The summed E-state index contributed by atoms with van der Waals surface area (Å²) in [5.74, 6) is 1.31. The largest absolute Gasteiger partial charge is 0.329 e. The first-order chi connectivity index (χ1) is 17.7. The van der Waals surface area contributed by atoms with Crippen molar-refractivity contribution in [2.75, 3.05) is 5.32 Å². The maximum atomic E-state index is 13.3.